The maximum absolute atomic E-state index is 8.97. The standard InChI is InChI=1S/C16H13BrN4/c1-10(12-3-5-13(17)6-4-12)21-15-7-2-11(9-18)8-14(15)20-16(21)19/h2-8,10H,1H3,(H2,19,20). The Morgan fingerprint density at radius 3 is 2.62 bits per heavy atom. The first-order chi connectivity index (χ1) is 10.1. The normalized spacial score (nSPS) is 12.2. The van der Waals surface area contributed by atoms with Gasteiger partial charge in [0, 0.05) is 4.47 Å². The van der Waals surface area contributed by atoms with E-state index in [1.54, 1.807) is 12.1 Å². The van der Waals surface area contributed by atoms with Crippen molar-refractivity contribution in [2.45, 2.75) is 13.0 Å². The van der Waals surface area contributed by atoms with Crippen LogP contribution >= 0.6 is 15.9 Å². The van der Waals surface area contributed by atoms with Gasteiger partial charge in [-0.1, -0.05) is 28.1 Å². The highest BCUT2D eigenvalue weighted by Gasteiger charge is 2.15. The van der Waals surface area contributed by atoms with E-state index in [2.05, 4.69) is 46.0 Å². The fourth-order valence-electron chi connectivity index (χ4n) is 2.48. The fourth-order valence-corrected chi connectivity index (χ4v) is 2.75. The van der Waals surface area contributed by atoms with Gasteiger partial charge in [-0.05, 0) is 42.8 Å². The number of nitrogen functional groups attached to an aromatic ring is 1. The smallest absolute Gasteiger partial charge is 0.201 e. The Morgan fingerprint density at radius 2 is 1.95 bits per heavy atom. The molecule has 1 unspecified atom stereocenters. The fraction of sp³-hybridized carbons (Fsp3) is 0.125. The molecule has 1 heterocycles. The van der Waals surface area contributed by atoms with Crippen molar-refractivity contribution in [1.82, 2.24) is 9.55 Å². The summed E-state index contributed by atoms with van der Waals surface area (Å²) in [4.78, 5) is 4.37. The molecule has 1 aromatic heterocycles. The molecular formula is C16H13BrN4. The van der Waals surface area contributed by atoms with Crippen LogP contribution in [0, 0.1) is 11.3 Å². The summed E-state index contributed by atoms with van der Waals surface area (Å²) in [6.45, 7) is 2.08. The van der Waals surface area contributed by atoms with E-state index >= 15 is 0 Å². The van der Waals surface area contributed by atoms with Crippen LogP contribution in [0.5, 0.6) is 0 Å². The third-order valence-corrected chi connectivity index (χ3v) is 4.11. The van der Waals surface area contributed by atoms with Crippen molar-refractivity contribution in [1.29, 1.82) is 5.26 Å². The number of anilines is 1. The highest BCUT2D eigenvalue weighted by atomic mass is 79.9. The average molecular weight is 341 g/mol. The minimum Gasteiger partial charge on any atom is -0.369 e. The minimum absolute atomic E-state index is 0.0658. The van der Waals surface area contributed by atoms with E-state index in [4.69, 9.17) is 11.0 Å². The summed E-state index contributed by atoms with van der Waals surface area (Å²) >= 11 is 3.44. The third-order valence-electron chi connectivity index (χ3n) is 3.59. The molecule has 3 rings (SSSR count). The first-order valence-electron chi connectivity index (χ1n) is 6.53. The quantitative estimate of drug-likeness (QED) is 0.770. The highest BCUT2D eigenvalue weighted by Crippen LogP contribution is 2.28. The molecule has 4 nitrogen and oxygen atoms in total. The Hall–Kier alpha value is -2.32. The Balaban J connectivity index is 2.13. The number of hydrogen-bond acceptors (Lipinski definition) is 3. The molecule has 0 spiro atoms. The Labute approximate surface area is 131 Å². The largest absolute Gasteiger partial charge is 0.369 e. The lowest BCUT2D eigenvalue weighted by atomic mass is 10.1. The van der Waals surface area contributed by atoms with Gasteiger partial charge in [0.15, 0.2) is 0 Å². The van der Waals surface area contributed by atoms with Crippen molar-refractivity contribution >= 4 is 32.9 Å². The van der Waals surface area contributed by atoms with Crippen molar-refractivity contribution in [3.8, 4) is 6.07 Å². The lowest BCUT2D eigenvalue weighted by Crippen LogP contribution is -2.10. The minimum atomic E-state index is 0.0658. The lowest BCUT2D eigenvalue weighted by Gasteiger charge is -2.16. The van der Waals surface area contributed by atoms with Gasteiger partial charge in [0.2, 0.25) is 5.95 Å². The molecule has 2 aromatic carbocycles. The van der Waals surface area contributed by atoms with E-state index in [1.165, 1.54) is 0 Å². The van der Waals surface area contributed by atoms with E-state index in [9.17, 15) is 0 Å². The summed E-state index contributed by atoms with van der Waals surface area (Å²) in [7, 11) is 0. The molecule has 0 saturated carbocycles. The van der Waals surface area contributed by atoms with Gasteiger partial charge in [0.1, 0.15) is 0 Å². The Kier molecular flexibility index (Phi) is 3.40. The summed E-state index contributed by atoms with van der Waals surface area (Å²) in [5.74, 6) is 0.454. The zero-order valence-corrected chi connectivity index (χ0v) is 13.0. The summed E-state index contributed by atoms with van der Waals surface area (Å²) in [6, 6.07) is 15.8. The van der Waals surface area contributed by atoms with Crippen LogP contribution in [0.2, 0.25) is 0 Å². The number of hydrogen-bond donors (Lipinski definition) is 1. The number of aromatic nitrogens is 2. The van der Waals surface area contributed by atoms with Crippen LogP contribution in [0.1, 0.15) is 24.1 Å². The maximum atomic E-state index is 8.97. The molecule has 1 atom stereocenters. The molecule has 0 aliphatic carbocycles. The van der Waals surface area contributed by atoms with E-state index in [-0.39, 0.29) is 6.04 Å². The predicted molar refractivity (Wildman–Crippen MR) is 86.8 cm³/mol. The Bertz CT molecular complexity index is 843. The van der Waals surface area contributed by atoms with Crippen LogP contribution in [0.4, 0.5) is 5.95 Å². The number of nitriles is 1. The average Bonchev–Trinajstić information content (AvgIpc) is 2.82. The zero-order valence-electron chi connectivity index (χ0n) is 11.4. The van der Waals surface area contributed by atoms with Gasteiger partial charge in [0.25, 0.3) is 0 Å². The summed E-state index contributed by atoms with van der Waals surface area (Å²) in [5, 5.41) is 8.97. The van der Waals surface area contributed by atoms with Crippen LogP contribution in [-0.2, 0) is 0 Å². The zero-order chi connectivity index (χ0) is 15.0. The summed E-state index contributed by atoms with van der Waals surface area (Å²) in [6.07, 6.45) is 0. The topological polar surface area (TPSA) is 67.6 Å². The monoisotopic (exact) mass is 340 g/mol. The molecule has 21 heavy (non-hydrogen) atoms. The second kappa shape index (κ2) is 5.23. The summed E-state index contributed by atoms with van der Waals surface area (Å²) in [5.41, 5.74) is 9.48. The molecular weight excluding hydrogens is 328 g/mol. The van der Waals surface area contributed by atoms with E-state index < -0.39 is 0 Å². The number of halogens is 1. The molecule has 0 fully saturated rings. The van der Waals surface area contributed by atoms with Crippen LogP contribution in [-0.4, -0.2) is 9.55 Å². The van der Waals surface area contributed by atoms with E-state index in [0.29, 0.717) is 11.5 Å². The number of rotatable bonds is 2. The van der Waals surface area contributed by atoms with Gasteiger partial charge >= 0.3 is 0 Å². The number of benzene rings is 2. The number of nitrogens with zero attached hydrogens (tertiary/aromatic N) is 3. The van der Waals surface area contributed by atoms with Crippen molar-refractivity contribution in [2.75, 3.05) is 5.73 Å². The van der Waals surface area contributed by atoms with Crippen molar-refractivity contribution in [3.63, 3.8) is 0 Å². The lowest BCUT2D eigenvalue weighted by molar-refractivity contribution is 0.667. The molecule has 3 aromatic rings. The molecule has 0 amide bonds. The summed E-state index contributed by atoms with van der Waals surface area (Å²) < 4.78 is 3.03. The van der Waals surface area contributed by atoms with Crippen molar-refractivity contribution in [2.24, 2.45) is 0 Å². The van der Waals surface area contributed by atoms with Gasteiger partial charge < -0.3 is 10.3 Å². The number of nitrogens with two attached hydrogens (primary N) is 1. The number of imidazole rings is 1. The van der Waals surface area contributed by atoms with Crippen LogP contribution in [0.3, 0.4) is 0 Å². The second-order valence-electron chi connectivity index (χ2n) is 4.88. The number of fused-ring (bicyclic) bond motifs is 1. The van der Waals surface area contributed by atoms with Crippen molar-refractivity contribution < 1.29 is 0 Å². The van der Waals surface area contributed by atoms with Crippen molar-refractivity contribution in [3.05, 3.63) is 58.1 Å². The van der Waals surface area contributed by atoms with Gasteiger partial charge in [-0.15, -0.1) is 0 Å². The van der Waals surface area contributed by atoms with Crippen LogP contribution in [0.15, 0.2) is 46.9 Å². The molecule has 0 radical (unpaired) electrons. The van der Waals surface area contributed by atoms with Crippen LogP contribution in [0.25, 0.3) is 11.0 Å². The predicted octanol–water partition coefficient (Wildman–Crippen LogP) is 3.86. The van der Waals surface area contributed by atoms with Gasteiger partial charge in [-0.25, -0.2) is 4.98 Å². The first-order valence-corrected chi connectivity index (χ1v) is 7.32. The third kappa shape index (κ3) is 2.39. The maximum Gasteiger partial charge on any atom is 0.201 e. The molecule has 0 aliphatic rings. The molecule has 2 N–H and O–H groups in total. The van der Waals surface area contributed by atoms with Gasteiger partial charge in [0.05, 0.1) is 28.7 Å². The highest BCUT2D eigenvalue weighted by molar-refractivity contribution is 9.10. The first kappa shape index (κ1) is 13.7. The van der Waals surface area contributed by atoms with Gasteiger partial charge in [-0.3, -0.25) is 0 Å². The van der Waals surface area contributed by atoms with Gasteiger partial charge in [-0.2, -0.15) is 5.26 Å². The molecule has 0 bridgehead atoms. The molecule has 0 saturated heterocycles. The molecule has 104 valence electrons. The second-order valence-corrected chi connectivity index (χ2v) is 5.80. The SMILES string of the molecule is CC(c1ccc(Br)cc1)n1c(N)nc2cc(C#N)ccc21. The molecule has 5 heteroatoms. The molecule has 0 aliphatic heterocycles. The van der Waals surface area contributed by atoms with E-state index in [1.807, 2.05) is 22.8 Å². The Morgan fingerprint density at radius 1 is 1.24 bits per heavy atom. The van der Waals surface area contributed by atoms with E-state index in [0.717, 1.165) is 21.1 Å². The van der Waals surface area contributed by atoms with Crippen LogP contribution < -0.4 is 5.73 Å².